The van der Waals surface area contributed by atoms with Gasteiger partial charge in [-0.3, -0.25) is 4.98 Å². The maximum absolute atomic E-state index is 12.7. The van der Waals surface area contributed by atoms with Crippen LogP contribution in [-0.2, 0) is 0 Å². The molecule has 0 saturated heterocycles. The van der Waals surface area contributed by atoms with E-state index in [4.69, 9.17) is 10.2 Å². The number of alkyl halides is 2. The van der Waals surface area contributed by atoms with Crippen molar-refractivity contribution in [2.24, 2.45) is 0 Å². The largest absolute Gasteiger partial charge is 0.506 e. The van der Waals surface area contributed by atoms with Gasteiger partial charge in [-0.2, -0.15) is 0 Å². The third-order valence-electron chi connectivity index (χ3n) is 3.92. The van der Waals surface area contributed by atoms with Crippen molar-refractivity contribution in [1.29, 1.82) is 0 Å². The molecule has 0 amide bonds. The smallest absolute Gasteiger partial charge is 0.295 e. The van der Waals surface area contributed by atoms with Gasteiger partial charge in [-0.1, -0.05) is 0 Å². The van der Waals surface area contributed by atoms with Gasteiger partial charge in [-0.15, -0.1) is 11.3 Å². The molecule has 4 rings (SSSR count). The minimum atomic E-state index is -2.74. The van der Waals surface area contributed by atoms with Crippen LogP contribution in [0.3, 0.4) is 0 Å². The van der Waals surface area contributed by atoms with Crippen LogP contribution in [0.5, 0.6) is 5.75 Å². The first kappa shape index (κ1) is 17.3. The van der Waals surface area contributed by atoms with E-state index in [1.807, 2.05) is 0 Å². The predicted molar refractivity (Wildman–Crippen MR) is 94.5 cm³/mol. The van der Waals surface area contributed by atoms with Gasteiger partial charge in [0.15, 0.2) is 17.3 Å². The molecular formula is C17H12F2N4O3S. The van der Waals surface area contributed by atoms with Gasteiger partial charge in [0.25, 0.3) is 6.43 Å². The van der Waals surface area contributed by atoms with Crippen LogP contribution in [0.2, 0.25) is 0 Å². The Morgan fingerprint density at radius 2 is 2.00 bits per heavy atom. The molecule has 0 saturated carbocycles. The van der Waals surface area contributed by atoms with E-state index < -0.39 is 18.3 Å². The predicted octanol–water partition coefficient (Wildman–Crippen LogP) is 3.65. The second kappa shape index (κ2) is 6.56. The standard InChI is InChI=1S/C17H12F2N4O3S/c18-14(19)9-3-4-10(26-9)16-22-15(20)11-7(6-27-17(11)23-16)13(25)12-8(24)2-1-5-21-12/h1-6,13-14,24-25H,(H2,20,22,23). The van der Waals surface area contributed by atoms with E-state index in [0.717, 1.165) is 6.07 Å². The first-order chi connectivity index (χ1) is 13.0. The highest BCUT2D eigenvalue weighted by molar-refractivity contribution is 7.17. The Morgan fingerprint density at radius 3 is 2.70 bits per heavy atom. The molecule has 4 heterocycles. The minimum Gasteiger partial charge on any atom is -0.506 e. The molecule has 0 aliphatic heterocycles. The Bertz CT molecular complexity index is 1130. The molecule has 1 atom stereocenters. The zero-order chi connectivity index (χ0) is 19.1. The van der Waals surface area contributed by atoms with Gasteiger partial charge >= 0.3 is 0 Å². The number of aliphatic hydroxyl groups is 1. The number of pyridine rings is 1. The molecule has 4 aromatic rings. The molecule has 0 fully saturated rings. The zero-order valence-corrected chi connectivity index (χ0v) is 14.3. The van der Waals surface area contributed by atoms with Gasteiger partial charge in [-0.25, -0.2) is 18.7 Å². The van der Waals surface area contributed by atoms with E-state index in [1.54, 1.807) is 5.38 Å². The first-order valence-electron chi connectivity index (χ1n) is 7.70. The summed E-state index contributed by atoms with van der Waals surface area (Å²) in [7, 11) is 0. The fourth-order valence-corrected chi connectivity index (χ4v) is 3.62. The number of nitrogens with two attached hydrogens (primary N) is 1. The van der Waals surface area contributed by atoms with Crippen molar-refractivity contribution < 1.29 is 23.4 Å². The molecule has 0 aliphatic rings. The molecule has 0 aliphatic carbocycles. The van der Waals surface area contributed by atoms with Crippen LogP contribution in [0.1, 0.15) is 29.5 Å². The molecule has 10 heteroatoms. The lowest BCUT2D eigenvalue weighted by Gasteiger charge is -2.11. The number of hydrogen-bond donors (Lipinski definition) is 3. The second-order valence-corrected chi connectivity index (χ2v) is 6.47. The molecule has 0 aromatic carbocycles. The SMILES string of the molecule is Nc1nc(-c2ccc(C(F)F)o2)nc2scc(C(O)c3ncccc3O)c12. The van der Waals surface area contributed by atoms with Crippen molar-refractivity contribution in [3.63, 3.8) is 0 Å². The molecule has 7 nitrogen and oxygen atoms in total. The number of rotatable bonds is 4. The van der Waals surface area contributed by atoms with Crippen LogP contribution < -0.4 is 5.73 Å². The normalized spacial score (nSPS) is 12.7. The number of nitrogen functional groups attached to an aromatic ring is 1. The van der Waals surface area contributed by atoms with Crippen LogP contribution in [0, 0.1) is 0 Å². The van der Waals surface area contributed by atoms with Gasteiger partial charge < -0.3 is 20.4 Å². The van der Waals surface area contributed by atoms with Crippen molar-refractivity contribution in [2.45, 2.75) is 12.5 Å². The number of fused-ring (bicyclic) bond motifs is 1. The Balaban J connectivity index is 1.79. The van der Waals surface area contributed by atoms with Crippen LogP contribution in [-0.4, -0.2) is 25.2 Å². The Morgan fingerprint density at radius 1 is 1.19 bits per heavy atom. The molecule has 1 unspecified atom stereocenters. The van der Waals surface area contributed by atoms with Gasteiger partial charge in [0.1, 0.15) is 28.2 Å². The summed E-state index contributed by atoms with van der Waals surface area (Å²) in [5.74, 6) is -0.460. The van der Waals surface area contributed by atoms with Crippen LogP contribution in [0.15, 0.2) is 40.3 Å². The van der Waals surface area contributed by atoms with Crippen molar-refractivity contribution in [3.05, 3.63) is 52.9 Å². The lowest BCUT2D eigenvalue weighted by molar-refractivity contribution is 0.122. The lowest BCUT2D eigenvalue weighted by atomic mass is 10.1. The minimum absolute atomic E-state index is 0.0516. The van der Waals surface area contributed by atoms with E-state index in [9.17, 15) is 19.0 Å². The molecule has 138 valence electrons. The van der Waals surface area contributed by atoms with Crippen molar-refractivity contribution in [2.75, 3.05) is 5.73 Å². The summed E-state index contributed by atoms with van der Waals surface area (Å²) in [6.07, 6.45) is -2.53. The van der Waals surface area contributed by atoms with Crippen LogP contribution in [0.25, 0.3) is 21.8 Å². The zero-order valence-electron chi connectivity index (χ0n) is 13.5. The topological polar surface area (TPSA) is 118 Å². The summed E-state index contributed by atoms with van der Waals surface area (Å²) in [4.78, 5) is 12.8. The Labute approximate surface area is 154 Å². The summed E-state index contributed by atoms with van der Waals surface area (Å²) in [5, 5.41) is 22.5. The highest BCUT2D eigenvalue weighted by Crippen LogP contribution is 2.38. The number of aliphatic hydroxyl groups excluding tert-OH is 1. The fraction of sp³-hybridized carbons (Fsp3) is 0.118. The monoisotopic (exact) mass is 390 g/mol. The molecular weight excluding hydrogens is 378 g/mol. The van der Waals surface area contributed by atoms with Crippen LogP contribution in [0.4, 0.5) is 14.6 Å². The molecule has 4 aromatic heterocycles. The molecule has 4 N–H and O–H groups in total. The van der Waals surface area contributed by atoms with E-state index >= 15 is 0 Å². The van der Waals surface area contributed by atoms with E-state index in [-0.39, 0.29) is 28.8 Å². The number of thiophene rings is 1. The third-order valence-corrected chi connectivity index (χ3v) is 4.81. The van der Waals surface area contributed by atoms with Gasteiger partial charge in [0.2, 0.25) is 0 Å². The fourth-order valence-electron chi connectivity index (χ4n) is 2.66. The highest BCUT2D eigenvalue weighted by atomic mass is 32.1. The summed E-state index contributed by atoms with van der Waals surface area (Å²) in [6.45, 7) is 0. The van der Waals surface area contributed by atoms with Gasteiger partial charge in [-0.05, 0) is 29.6 Å². The molecule has 27 heavy (non-hydrogen) atoms. The summed E-state index contributed by atoms with van der Waals surface area (Å²) in [6, 6.07) is 5.45. The average Bonchev–Trinajstić information content (AvgIpc) is 3.29. The highest BCUT2D eigenvalue weighted by Gasteiger charge is 2.23. The number of aromatic nitrogens is 3. The molecule has 0 radical (unpaired) electrons. The third kappa shape index (κ3) is 2.98. The number of anilines is 1. The molecule has 0 bridgehead atoms. The van der Waals surface area contributed by atoms with Crippen molar-refractivity contribution >= 4 is 27.4 Å². The molecule has 0 spiro atoms. The quantitative estimate of drug-likeness (QED) is 0.487. The van der Waals surface area contributed by atoms with Crippen molar-refractivity contribution in [3.8, 4) is 17.3 Å². The first-order valence-corrected chi connectivity index (χ1v) is 8.58. The Hall–Kier alpha value is -3.11. The van der Waals surface area contributed by atoms with Crippen molar-refractivity contribution in [1.82, 2.24) is 15.0 Å². The van der Waals surface area contributed by atoms with Gasteiger partial charge in [0, 0.05) is 11.8 Å². The average molecular weight is 390 g/mol. The summed E-state index contributed by atoms with van der Waals surface area (Å²) < 4.78 is 30.5. The maximum atomic E-state index is 12.7. The number of hydrogen-bond acceptors (Lipinski definition) is 8. The lowest BCUT2D eigenvalue weighted by Crippen LogP contribution is -2.04. The van der Waals surface area contributed by atoms with Gasteiger partial charge in [0.05, 0.1) is 5.39 Å². The number of aromatic hydroxyl groups is 1. The van der Waals surface area contributed by atoms with E-state index in [0.29, 0.717) is 15.8 Å². The number of nitrogens with zero attached hydrogens (tertiary/aromatic N) is 3. The second-order valence-electron chi connectivity index (χ2n) is 5.62. The Kier molecular flexibility index (Phi) is 4.21. The van der Waals surface area contributed by atoms with E-state index in [2.05, 4.69) is 15.0 Å². The summed E-state index contributed by atoms with van der Waals surface area (Å²) in [5.41, 5.74) is 6.50. The maximum Gasteiger partial charge on any atom is 0.295 e. The van der Waals surface area contributed by atoms with Crippen LogP contribution >= 0.6 is 11.3 Å². The number of furan rings is 1. The number of halogens is 2. The summed E-state index contributed by atoms with van der Waals surface area (Å²) >= 11 is 1.19. The van der Waals surface area contributed by atoms with E-state index in [1.165, 1.54) is 35.7 Å².